The molecule has 0 aliphatic rings. The first-order chi connectivity index (χ1) is 13.0. The van der Waals surface area contributed by atoms with Crippen molar-refractivity contribution < 1.29 is 14.7 Å². The summed E-state index contributed by atoms with van der Waals surface area (Å²) in [5.41, 5.74) is 3.25. The number of hydrogen-bond acceptors (Lipinski definition) is 3. The number of nitrogens with one attached hydrogen (secondary N) is 2. The monoisotopic (exact) mass is 362 g/mol. The Bertz CT molecular complexity index is 1020. The van der Waals surface area contributed by atoms with Gasteiger partial charge in [-0.3, -0.25) is 9.59 Å². The molecule has 3 aromatic rings. The predicted octanol–water partition coefficient (Wildman–Crippen LogP) is 2.60. The van der Waals surface area contributed by atoms with Crippen molar-refractivity contribution in [2.45, 2.75) is 13.0 Å². The first-order valence-electron chi connectivity index (χ1n) is 8.39. The van der Waals surface area contributed by atoms with Crippen LogP contribution in [0.2, 0.25) is 0 Å². The number of benzene rings is 2. The molecular weight excluding hydrogens is 344 g/mol. The van der Waals surface area contributed by atoms with E-state index in [2.05, 4.69) is 10.3 Å². The van der Waals surface area contributed by atoms with Crippen molar-refractivity contribution in [1.29, 1.82) is 0 Å². The van der Waals surface area contributed by atoms with E-state index in [0.29, 0.717) is 6.54 Å². The van der Waals surface area contributed by atoms with Gasteiger partial charge in [-0.15, -0.1) is 0 Å². The highest BCUT2D eigenvalue weighted by molar-refractivity contribution is 5.89. The summed E-state index contributed by atoms with van der Waals surface area (Å²) in [6.45, 7) is 0.315. The third-order valence-electron chi connectivity index (χ3n) is 4.13. The molecule has 0 spiro atoms. The van der Waals surface area contributed by atoms with Gasteiger partial charge >= 0.3 is 5.97 Å². The molecule has 1 amide bonds. The van der Waals surface area contributed by atoms with Crippen LogP contribution in [0.5, 0.6) is 0 Å². The molecule has 6 heteroatoms. The smallest absolute Gasteiger partial charge is 0.335 e. The maximum Gasteiger partial charge on any atom is 0.335 e. The second kappa shape index (κ2) is 8.14. The largest absolute Gasteiger partial charge is 0.478 e. The van der Waals surface area contributed by atoms with E-state index >= 15 is 0 Å². The van der Waals surface area contributed by atoms with Crippen LogP contribution in [0.3, 0.4) is 0 Å². The molecule has 136 valence electrons. The minimum absolute atomic E-state index is 0.160. The summed E-state index contributed by atoms with van der Waals surface area (Å²) >= 11 is 0. The van der Waals surface area contributed by atoms with Gasteiger partial charge in [0.2, 0.25) is 11.5 Å². The van der Waals surface area contributed by atoms with Crippen molar-refractivity contribution in [1.82, 2.24) is 10.3 Å². The van der Waals surface area contributed by atoms with Crippen molar-refractivity contribution in [2.75, 3.05) is 0 Å². The first-order valence-corrected chi connectivity index (χ1v) is 8.39. The summed E-state index contributed by atoms with van der Waals surface area (Å²) in [5.74, 6) is -1.15. The van der Waals surface area contributed by atoms with Gasteiger partial charge in [-0.2, -0.15) is 0 Å². The Kier molecular flexibility index (Phi) is 5.47. The average Bonchev–Trinajstić information content (AvgIpc) is 2.68. The van der Waals surface area contributed by atoms with Crippen LogP contribution in [0.1, 0.15) is 21.5 Å². The number of carbonyl (C=O) groups excluding carboxylic acids is 1. The van der Waals surface area contributed by atoms with Crippen molar-refractivity contribution in [3.05, 3.63) is 93.9 Å². The number of pyridine rings is 1. The zero-order chi connectivity index (χ0) is 19.2. The number of carbonyl (C=O) groups is 2. The van der Waals surface area contributed by atoms with Gasteiger partial charge in [0.05, 0.1) is 12.0 Å². The topological polar surface area (TPSA) is 99.3 Å². The van der Waals surface area contributed by atoms with Gasteiger partial charge in [-0.05, 0) is 34.4 Å². The lowest BCUT2D eigenvalue weighted by Gasteiger charge is -2.11. The van der Waals surface area contributed by atoms with Gasteiger partial charge in [-0.25, -0.2) is 4.79 Å². The molecular formula is C21H18N2O4. The SMILES string of the molecule is O=C(Cc1ccc(=O)[nH]c1)NCc1ccccc1-c1cccc(C(=O)O)c1. The molecule has 0 fully saturated rings. The van der Waals surface area contributed by atoms with E-state index in [9.17, 15) is 19.5 Å². The Balaban J connectivity index is 1.73. The highest BCUT2D eigenvalue weighted by atomic mass is 16.4. The lowest BCUT2D eigenvalue weighted by atomic mass is 9.98. The molecule has 3 rings (SSSR count). The molecule has 1 aromatic heterocycles. The minimum Gasteiger partial charge on any atom is -0.478 e. The van der Waals surface area contributed by atoms with E-state index < -0.39 is 5.97 Å². The highest BCUT2D eigenvalue weighted by Gasteiger charge is 2.10. The lowest BCUT2D eigenvalue weighted by Crippen LogP contribution is -2.25. The van der Waals surface area contributed by atoms with E-state index in [1.54, 1.807) is 24.3 Å². The molecule has 0 unspecified atom stereocenters. The van der Waals surface area contributed by atoms with Gasteiger partial charge in [-0.1, -0.05) is 42.5 Å². The number of rotatable bonds is 6. The molecule has 0 saturated heterocycles. The number of H-pyrrole nitrogens is 1. The Morgan fingerprint density at radius 1 is 1.00 bits per heavy atom. The Labute approximate surface area is 155 Å². The van der Waals surface area contributed by atoms with Crippen LogP contribution in [0.4, 0.5) is 0 Å². The summed E-state index contributed by atoms with van der Waals surface area (Å²) in [7, 11) is 0. The van der Waals surface area contributed by atoms with E-state index in [1.165, 1.54) is 12.3 Å². The van der Waals surface area contributed by atoms with Crippen molar-refractivity contribution in [2.24, 2.45) is 0 Å². The molecule has 0 atom stereocenters. The number of carboxylic acids is 1. The molecule has 1 heterocycles. The number of amides is 1. The van der Waals surface area contributed by atoms with E-state index in [4.69, 9.17) is 0 Å². The van der Waals surface area contributed by atoms with Gasteiger partial charge in [0.1, 0.15) is 0 Å². The van der Waals surface area contributed by atoms with Gasteiger partial charge in [0.15, 0.2) is 0 Å². The van der Waals surface area contributed by atoms with E-state index in [1.807, 2.05) is 30.3 Å². The minimum atomic E-state index is -0.983. The second-order valence-electron chi connectivity index (χ2n) is 6.06. The molecule has 0 saturated carbocycles. The molecule has 2 aromatic carbocycles. The summed E-state index contributed by atoms with van der Waals surface area (Å²) in [6, 6.07) is 17.2. The van der Waals surface area contributed by atoms with Gasteiger partial charge in [0, 0.05) is 18.8 Å². The summed E-state index contributed by atoms with van der Waals surface area (Å²) in [4.78, 5) is 37.0. The summed E-state index contributed by atoms with van der Waals surface area (Å²) in [5, 5.41) is 12.0. The van der Waals surface area contributed by atoms with Crippen LogP contribution in [0.15, 0.2) is 71.7 Å². The number of hydrogen-bond donors (Lipinski definition) is 3. The molecule has 0 radical (unpaired) electrons. The molecule has 0 bridgehead atoms. The standard InChI is InChI=1S/C21H18N2O4/c24-19-9-8-14(12-22-19)10-20(25)23-13-17-4-1-2-7-18(17)15-5-3-6-16(11-15)21(26)27/h1-9,11-12H,10,13H2,(H,22,24)(H,23,25)(H,26,27). The molecule has 3 N–H and O–H groups in total. The highest BCUT2D eigenvalue weighted by Crippen LogP contribution is 2.24. The van der Waals surface area contributed by atoms with Gasteiger partial charge < -0.3 is 15.4 Å². The van der Waals surface area contributed by atoms with Crippen LogP contribution < -0.4 is 10.9 Å². The number of carboxylic acid groups (broad SMARTS) is 1. The molecule has 27 heavy (non-hydrogen) atoms. The van der Waals surface area contributed by atoms with Crippen LogP contribution in [-0.2, 0) is 17.8 Å². The Hall–Kier alpha value is -3.67. The van der Waals surface area contributed by atoms with Crippen LogP contribution >= 0.6 is 0 Å². The maximum atomic E-state index is 12.2. The normalized spacial score (nSPS) is 10.4. The third-order valence-corrected chi connectivity index (χ3v) is 4.13. The number of aromatic carboxylic acids is 1. The lowest BCUT2D eigenvalue weighted by molar-refractivity contribution is -0.120. The van der Waals surface area contributed by atoms with Crippen LogP contribution in [-0.4, -0.2) is 22.0 Å². The fraction of sp³-hybridized carbons (Fsp3) is 0.0952. The first kappa shape index (κ1) is 18.1. The Morgan fingerprint density at radius 2 is 1.81 bits per heavy atom. The fourth-order valence-electron chi connectivity index (χ4n) is 2.77. The average molecular weight is 362 g/mol. The molecule has 0 aliphatic carbocycles. The third kappa shape index (κ3) is 4.70. The zero-order valence-corrected chi connectivity index (χ0v) is 14.4. The maximum absolute atomic E-state index is 12.2. The van der Waals surface area contributed by atoms with E-state index in [0.717, 1.165) is 22.3 Å². The van der Waals surface area contributed by atoms with Crippen molar-refractivity contribution in [3.63, 3.8) is 0 Å². The molecule has 0 aliphatic heterocycles. The summed E-state index contributed by atoms with van der Waals surface area (Å²) < 4.78 is 0. The van der Waals surface area contributed by atoms with Crippen LogP contribution in [0.25, 0.3) is 11.1 Å². The van der Waals surface area contributed by atoms with E-state index in [-0.39, 0.29) is 23.5 Å². The Morgan fingerprint density at radius 3 is 2.56 bits per heavy atom. The van der Waals surface area contributed by atoms with Crippen LogP contribution in [0, 0.1) is 0 Å². The number of aromatic amines is 1. The quantitative estimate of drug-likeness (QED) is 0.628. The molecule has 6 nitrogen and oxygen atoms in total. The second-order valence-corrected chi connectivity index (χ2v) is 6.06. The van der Waals surface area contributed by atoms with Gasteiger partial charge in [0.25, 0.3) is 0 Å². The van der Waals surface area contributed by atoms with Crippen molar-refractivity contribution in [3.8, 4) is 11.1 Å². The van der Waals surface area contributed by atoms with Crippen molar-refractivity contribution >= 4 is 11.9 Å². The number of aromatic nitrogens is 1. The fourth-order valence-corrected chi connectivity index (χ4v) is 2.77. The predicted molar refractivity (Wildman–Crippen MR) is 101 cm³/mol. The summed E-state index contributed by atoms with van der Waals surface area (Å²) in [6.07, 6.45) is 1.68. The zero-order valence-electron chi connectivity index (χ0n) is 14.4.